The van der Waals surface area contributed by atoms with Crippen LogP contribution in [0.3, 0.4) is 0 Å². The molecule has 6 heteroatoms. The lowest BCUT2D eigenvalue weighted by Gasteiger charge is -2.04. The van der Waals surface area contributed by atoms with Gasteiger partial charge in [-0.15, -0.1) is 11.3 Å². The number of aromatic nitrogens is 1. The van der Waals surface area contributed by atoms with Crippen LogP contribution in [-0.4, -0.2) is 18.0 Å². The first-order chi connectivity index (χ1) is 7.02. The molecule has 1 N–H and O–H groups in total. The molecule has 80 valence electrons. The minimum Gasteiger partial charge on any atom is -0.282 e. The van der Waals surface area contributed by atoms with Crippen LogP contribution in [0, 0.1) is 0 Å². The lowest BCUT2D eigenvalue weighted by molar-refractivity contribution is 0.482. The third-order valence-corrected chi connectivity index (χ3v) is 3.90. The highest BCUT2D eigenvalue weighted by molar-refractivity contribution is 7.86. The van der Waals surface area contributed by atoms with E-state index >= 15 is 0 Å². The van der Waals surface area contributed by atoms with Crippen LogP contribution in [0.25, 0.3) is 10.2 Å². The van der Waals surface area contributed by atoms with Crippen molar-refractivity contribution in [3.63, 3.8) is 0 Å². The Morgan fingerprint density at radius 2 is 2.20 bits per heavy atom. The Kier molecular flexibility index (Phi) is 2.49. The Morgan fingerprint density at radius 3 is 2.80 bits per heavy atom. The third-order valence-electron chi connectivity index (χ3n) is 2.17. The molecule has 0 saturated carbocycles. The standard InChI is InChI=1S/C9H9NO3S2/c1-2-6-3-7-8(14-5-10-7)4-9(6)15(11,12)13/h3-5H,2H2,1H3,(H,11,12,13). The maximum atomic E-state index is 11.1. The van der Waals surface area contributed by atoms with Gasteiger partial charge in [-0.3, -0.25) is 4.55 Å². The summed E-state index contributed by atoms with van der Waals surface area (Å²) in [6, 6.07) is 3.18. The van der Waals surface area contributed by atoms with E-state index in [-0.39, 0.29) is 4.90 Å². The first-order valence-electron chi connectivity index (χ1n) is 4.36. The van der Waals surface area contributed by atoms with E-state index in [1.165, 1.54) is 17.4 Å². The second kappa shape index (κ2) is 3.55. The molecule has 1 heterocycles. The van der Waals surface area contributed by atoms with Gasteiger partial charge in [-0.2, -0.15) is 8.42 Å². The van der Waals surface area contributed by atoms with E-state index in [2.05, 4.69) is 4.98 Å². The van der Waals surface area contributed by atoms with E-state index in [0.717, 1.165) is 10.2 Å². The molecule has 2 rings (SSSR count). The normalized spacial score (nSPS) is 12.1. The summed E-state index contributed by atoms with van der Waals surface area (Å²) >= 11 is 1.35. The Labute approximate surface area is 91.3 Å². The zero-order valence-electron chi connectivity index (χ0n) is 7.97. The Balaban J connectivity index is 2.81. The molecule has 0 aliphatic rings. The summed E-state index contributed by atoms with van der Waals surface area (Å²) in [5, 5.41) is 0. The summed E-state index contributed by atoms with van der Waals surface area (Å²) in [5.74, 6) is 0. The van der Waals surface area contributed by atoms with Crippen molar-refractivity contribution in [1.29, 1.82) is 0 Å². The highest BCUT2D eigenvalue weighted by Crippen LogP contribution is 2.25. The Hall–Kier alpha value is -0.980. The summed E-state index contributed by atoms with van der Waals surface area (Å²) in [7, 11) is -4.14. The fourth-order valence-electron chi connectivity index (χ4n) is 1.44. The van der Waals surface area contributed by atoms with E-state index in [1.54, 1.807) is 11.6 Å². The average Bonchev–Trinajstić information content (AvgIpc) is 2.60. The van der Waals surface area contributed by atoms with Gasteiger partial charge in [-0.25, -0.2) is 4.98 Å². The predicted octanol–water partition coefficient (Wildman–Crippen LogP) is 2.11. The van der Waals surface area contributed by atoms with Gasteiger partial charge in [-0.05, 0) is 24.1 Å². The Bertz CT molecular complexity index is 601. The summed E-state index contributed by atoms with van der Waals surface area (Å²) in [4.78, 5) is 4.08. The van der Waals surface area contributed by atoms with Crippen molar-refractivity contribution < 1.29 is 13.0 Å². The second-order valence-electron chi connectivity index (χ2n) is 3.11. The zero-order chi connectivity index (χ0) is 11.1. The minimum absolute atomic E-state index is 0.0123. The number of hydrogen-bond donors (Lipinski definition) is 1. The second-order valence-corrected chi connectivity index (χ2v) is 5.38. The van der Waals surface area contributed by atoms with Crippen molar-refractivity contribution in [2.24, 2.45) is 0 Å². The molecule has 15 heavy (non-hydrogen) atoms. The summed E-state index contributed by atoms with van der Waals surface area (Å²) in [6.07, 6.45) is 0.544. The highest BCUT2D eigenvalue weighted by Gasteiger charge is 2.16. The zero-order valence-corrected chi connectivity index (χ0v) is 9.60. The van der Waals surface area contributed by atoms with Gasteiger partial charge in [0.25, 0.3) is 10.1 Å². The predicted molar refractivity (Wildman–Crippen MR) is 58.8 cm³/mol. The van der Waals surface area contributed by atoms with Gasteiger partial charge in [0.15, 0.2) is 0 Å². The van der Waals surface area contributed by atoms with Crippen LogP contribution in [0.15, 0.2) is 22.5 Å². The van der Waals surface area contributed by atoms with Gasteiger partial charge in [-0.1, -0.05) is 6.92 Å². The molecule has 0 saturated heterocycles. The van der Waals surface area contributed by atoms with E-state index in [0.29, 0.717) is 12.0 Å². The topological polar surface area (TPSA) is 67.3 Å². The van der Waals surface area contributed by atoms with Crippen molar-refractivity contribution in [3.8, 4) is 0 Å². The molecule has 0 bridgehead atoms. The fourth-order valence-corrected chi connectivity index (χ4v) is 3.02. The monoisotopic (exact) mass is 243 g/mol. The van der Waals surface area contributed by atoms with E-state index < -0.39 is 10.1 Å². The summed E-state index contributed by atoms with van der Waals surface area (Å²) in [5.41, 5.74) is 3.01. The first kappa shape index (κ1) is 10.5. The third kappa shape index (κ3) is 1.88. The van der Waals surface area contributed by atoms with E-state index in [1.807, 2.05) is 6.92 Å². The molecule has 0 amide bonds. The number of thiazole rings is 1. The lowest BCUT2D eigenvalue weighted by Crippen LogP contribution is -2.02. The number of nitrogens with zero attached hydrogens (tertiary/aromatic N) is 1. The van der Waals surface area contributed by atoms with E-state index in [4.69, 9.17) is 4.55 Å². The highest BCUT2D eigenvalue weighted by atomic mass is 32.2. The maximum absolute atomic E-state index is 11.1. The minimum atomic E-state index is -4.14. The molecule has 0 fully saturated rings. The number of rotatable bonds is 2. The van der Waals surface area contributed by atoms with Gasteiger partial charge in [0.05, 0.1) is 20.6 Å². The van der Waals surface area contributed by atoms with Crippen molar-refractivity contribution >= 4 is 31.7 Å². The molecular formula is C9H9NO3S2. The van der Waals surface area contributed by atoms with Gasteiger partial charge in [0.2, 0.25) is 0 Å². The van der Waals surface area contributed by atoms with Crippen molar-refractivity contribution in [3.05, 3.63) is 23.2 Å². The average molecular weight is 243 g/mol. The van der Waals surface area contributed by atoms with Crippen LogP contribution in [0.1, 0.15) is 12.5 Å². The van der Waals surface area contributed by atoms with Gasteiger partial charge >= 0.3 is 0 Å². The molecule has 4 nitrogen and oxygen atoms in total. The molecule has 0 spiro atoms. The lowest BCUT2D eigenvalue weighted by atomic mass is 10.1. The number of benzene rings is 1. The van der Waals surface area contributed by atoms with E-state index in [9.17, 15) is 8.42 Å². The molecule has 0 radical (unpaired) electrons. The number of hydrogen-bond acceptors (Lipinski definition) is 4. The summed E-state index contributed by atoms with van der Waals surface area (Å²) < 4.78 is 32.1. The first-order valence-corrected chi connectivity index (χ1v) is 6.68. The maximum Gasteiger partial charge on any atom is 0.294 e. The van der Waals surface area contributed by atoms with Crippen molar-refractivity contribution in [2.75, 3.05) is 0 Å². The molecule has 0 unspecified atom stereocenters. The van der Waals surface area contributed by atoms with Crippen LogP contribution >= 0.6 is 11.3 Å². The molecular weight excluding hydrogens is 234 g/mol. The SMILES string of the molecule is CCc1cc2ncsc2cc1S(=O)(=O)O. The molecule has 2 aromatic rings. The van der Waals surface area contributed by atoms with Gasteiger partial charge in [0, 0.05) is 0 Å². The van der Waals surface area contributed by atoms with Crippen LogP contribution in [0.2, 0.25) is 0 Å². The molecule has 1 aromatic heterocycles. The largest absolute Gasteiger partial charge is 0.294 e. The van der Waals surface area contributed by atoms with Gasteiger partial charge in [0.1, 0.15) is 0 Å². The molecule has 1 aromatic carbocycles. The van der Waals surface area contributed by atoms with Crippen molar-refractivity contribution in [1.82, 2.24) is 4.98 Å². The van der Waals surface area contributed by atoms with Crippen LogP contribution in [0.4, 0.5) is 0 Å². The smallest absolute Gasteiger partial charge is 0.282 e. The fraction of sp³-hybridized carbons (Fsp3) is 0.222. The van der Waals surface area contributed by atoms with Crippen LogP contribution in [0.5, 0.6) is 0 Å². The number of aryl methyl sites for hydroxylation is 1. The molecule has 0 aliphatic heterocycles. The molecule has 0 aliphatic carbocycles. The van der Waals surface area contributed by atoms with Gasteiger partial charge < -0.3 is 0 Å². The Morgan fingerprint density at radius 1 is 1.47 bits per heavy atom. The number of fused-ring (bicyclic) bond motifs is 1. The quantitative estimate of drug-likeness (QED) is 0.820. The van der Waals surface area contributed by atoms with Crippen molar-refractivity contribution in [2.45, 2.75) is 18.2 Å². The summed E-state index contributed by atoms with van der Waals surface area (Å²) in [6.45, 7) is 1.84. The molecule has 0 atom stereocenters. The van der Waals surface area contributed by atoms with Crippen LogP contribution < -0.4 is 0 Å². The van der Waals surface area contributed by atoms with Crippen LogP contribution in [-0.2, 0) is 16.5 Å².